The van der Waals surface area contributed by atoms with Crippen molar-refractivity contribution in [1.82, 2.24) is 24.5 Å². The van der Waals surface area contributed by atoms with Gasteiger partial charge in [0.15, 0.2) is 5.65 Å². The number of piperidine rings is 1. The van der Waals surface area contributed by atoms with Crippen LogP contribution in [0.2, 0.25) is 5.02 Å². The summed E-state index contributed by atoms with van der Waals surface area (Å²) >= 11 is 6.98. The number of aromatic nitrogens is 4. The van der Waals surface area contributed by atoms with Gasteiger partial charge in [0, 0.05) is 37.8 Å². The third-order valence-corrected chi connectivity index (χ3v) is 7.95. The molecule has 3 fully saturated rings. The van der Waals surface area contributed by atoms with E-state index in [4.69, 9.17) is 11.6 Å². The molecular weight excluding hydrogens is 603 g/mol. The Hall–Kier alpha value is -3.02. The fourth-order valence-corrected chi connectivity index (χ4v) is 5.65. The summed E-state index contributed by atoms with van der Waals surface area (Å²) in [6.45, 7) is 6.81. The molecular formula is C26H29ClN11Ru. The molecule has 3 aliphatic rings. The molecule has 1 saturated carbocycles. The van der Waals surface area contributed by atoms with Crippen LogP contribution in [0.3, 0.4) is 0 Å². The number of nitrogens with one attached hydrogen (secondary N) is 2. The van der Waals surface area contributed by atoms with E-state index in [1.165, 1.54) is 6.20 Å². The summed E-state index contributed by atoms with van der Waals surface area (Å²) < 4.78 is 1.54. The van der Waals surface area contributed by atoms with E-state index < -0.39 is 0 Å². The fraction of sp³-hybridized carbons (Fsp3) is 0.500. The maximum absolute atomic E-state index is 9.81. The molecule has 39 heavy (non-hydrogen) atoms. The average Bonchev–Trinajstić information content (AvgIpc) is 3.66. The van der Waals surface area contributed by atoms with Crippen LogP contribution in [-0.4, -0.2) is 75.3 Å². The van der Waals surface area contributed by atoms with Crippen molar-refractivity contribution in [2.75, 3.05) is 48.3 Å². The second-order valence-corrected chi connectivity index (χ2v) is 10.6. The number of nitrogens with zero attached hydrogens (tertiary/aromatic N) is 9. The van der Waals surface area contributed by atoms with Gasteiger partial charge in [-0.1, -0.05) is 24.4 Å². The molecule has 13 heteroatoms. The normalized spacial score (nSPS) is 20.2. The zero-order valence-corrected chi connectivity index (χ0v) is 24.1. The van der Waals surface area contributed by atoms with Crippen molar-refractivity contribution in [3.63, 3.8) is 0 Å². The van der Waals surface area contributed by atoms with Crippen LogP contribution in [-0.2, 0) is 19.5 Å². The molecule has 0 spiro atoms. The molecule has 6 rings (SSSR count). The first-order valence-corrected chi connectivity index (χ1v) is 13.5. The van der Waals surface area contributed by atoms with Gasteiger partial charge in [-0.15, -0.1) is 13.1 Å². The van der Waals surface area contributed by atoms with Crippen LogP contribution in [0, 0.1) is 22.7 Å². The van der Waals surface area contributed by atoms with Crippen molar-refractivity contribution >= 4 is 40.5 Å². The standard InChI is InChI=1S/C26H29ClN11.Ru/c1-16-15-36(20-4-6-30-7-5-20)8-9-37(16)22-11-17(12-28)10-21(23(22)27)33-25-34-24-18(13-29)14-31-38(24)26(35-25)32-19-2-3-19;/h10-11,14,16,19-20H,2-9,15H2,1H3,(H2,32,33,34,35);/q-1;+1/t16-;/m0./s1. The summed E-state index contributed by atoms with van der Waals surface area (Å²) in [7, 11) is 0. The maximum Gasteiger partial charge on any atom is 1.00 e. The summed E-state index contributed by atoms with van der Waals surface area (Å²) in [6, 6.07) is 9.12. The Labute approximate surface area is 245 Å². The van der Waals surface area contributed by atoms with Crippen LogP contribution < -0.4 is 15.5 Å². The minimum absolute atomic E-state index is 0. The second kappa shape index (κ2) is 11.6. The minimum Gasteiger partial charge on any atom is -0.662 e. The van der Waals surface area contributed by atoms with E-state index in [0.717, 1.165) is 64.1 Å². The Bertz CT molecular complexity index is 1430. The number of fused-ring (bicyclic) bond motifs is 1. The SMILES string of the molecule is C[C@H]1CN(C2CC[N-]CC2)CCN1c1cc(C#N)cc(Nc2nc(NC3CC3)n3ncc(C#N)c3n2)c1Cl.[Ru+]. The summed E-state index contributed by atoms with van der Waals surface area (Å²) in [6.07, 6.45) is 5.84. The molecule has 1 atom stereocenters. The predicted molar refractivity (Wildman–Crippen MR) is 146 cm³/mol. The molecule has 4 heterocycles. The van der Waals surface area contributed by atoms with Gasteiger partial charge in [-0.25, -0.2) is 0 Å². The maximum atomic E-state index is 9.81. The monoisotopic (exact) mass is 632 g/mol. The predicted octanol–water partition coefficient (Wildman–Crippen LogP) is 3.88. The summed E-state index contributed by atoms with van der Waals surface area (Å²) in [4.78, 5) is 14.0. The fourth-order valence-electron chi connectivity index (χ4n) is 5.39. The molecule has 2 saturated heterocycles. The van der Waals surface area contributed by atoms with Gasteiger partial charge in [-0.05, 0) is 31.9 Å². The number of halogens is 1. The molecule has 11 nitrogen and oxygen atoms in total. The smallest absolute Gasteiger partial charge is 0.662 e. The van der Waals surface area contributed by atoms with Crippen molar-refractivity contribution in [1.29, 1.82) is 10.5 Å². The van der Waals surface area contributed by atoms with Gasteiger partial charge in [-0.2, -0.15) is 30.1 Å². The first kappa shape index (κ1) is 27.5. The van der Waals surface area contributed by atoms with Crippen LogP contribution in [0.1, 0.15) is 43.7 Å². The van der Waals surface area contributed by atoms with Gasteiger partial charge in [0.1, 0.15) is 11.6 Å². The Balaban J connectivity index is 0.00000308. The average molecular weight is 632 g/mol. The summed E-state index contributed by atoms with van der Waals surface area (Å²) in [5.41, 5.74) is 2.61. The largest absolute Gasteiger partial charge is 1.00 e. The van der Waals surface area contributed by atoms with E-state index >= 15 is 0 Å². The van der Waals surface area contributed by atoms with E-state index in [9.17, 15) is 10.5 Å². The van der Waals surface area contributed by atoms with Crippen molar-refractivity contribution in [3.8, 4) is 12.1 Å². The molecule has 0 unspecified atom stereocenters. The van der Waals surface area contributed by atoms with Crippen molar-refractivity contribution in [2.24, 2.45) is 0 Å². The minimum atomic E-state index is 0. The van der Waals surface area contributed by atoms with Crippen LogP contribution in [0.5, 0.6) is 0 Å². The van der Waals surface area contributed by atoms with E-state index in [2.05, 4.69) is 59.9 Å². The topological polar surface area (TPSA) is 135 Å². The molecule has 1 aliphatic carbocycles. The van der Waals surface area contributed by atoms with Gasteiger partial charge < -0.3 is 20.9 Å². The second-order valence-electron chi connectivity index (χ2n) is 10.2. The van der Waals surface area contributed by atoms with E-state index in [1.54, 1.807) is 10.6 Å². The number of rotatable bonds is 6. The van der Waals surface area contributed by atoms with E-state index in [1.807, 2.05) is 6.07 Å². The molecule has 1 radical (unpaired) electrons. The summed E-state index contributed by atoms with van der Waals surface area (Å²) in [5, 5.41) is 35.2. The molecule has 0 bridgehead atoms. The zero-order valence-electron chi connectivity index (χ0n) is 21.6. The van der Waals surface area contributed by atoms with Gasteiger partial charge in [-0.3, -0.25) is 4.90 Å². The Kier molecular flexibility index (Phi) is 8.20. The molecule has 0 amide bonds. The zero-order chi connectivity index (χ0) is 26.2. The van der Waals surface area contributed by atoms with Gasteiger partial charge in [0.2, 0.25) is 11.9 Å². The Morgan fingerprint density at radius 1 is 1.08 bits per heavy atom. The van der Waals surface area contributed by atoms with Crippen LogP contribution in [0.4, 0.5) is 23.3 Å². The van der Waals surface area contributed by atoms with Gasteiger partial charge in [0.25, 0.3) is 0 Å². The van der Waals surface area contributed by atoms with Gasteiger partial charge >= 0.3 is 19.5 Å². The van der Waals surface area contributed by atoms with E-state index in [-0.39, 0.29) is 31.5 Å². The molecule has 1 aromatic carbocycles. The molecule has 203 valence electrons. The molecule has 2 aromatic heterocycles. The van der Waals surface area contributed by atoms with E-state index in [0.29, 0.717) is 45.5 Å². The Morgan fingerprint density at radius 3 is 2.56 bits per heavy atom. The number of nitriles is 2. The van der Waals surface area contributed by atoms with Crippen LogP contribution >= 0.6 is 11.6 Å². The first-order chi connectivity index (χ1) is 18.5. The quantitative estimate of drug-likeness (QED) is 0.389. The van der Waals surface area contributed by atoms with Crippen molar-refractivity contribution in [2.45, 2.75) is 50.7 Å². The number of hydrogen-bond donors (Lipinski definition) is 2. The Morgan fingerprint density at radius 2 is 1.87 bits per heavy atom. The molecule has 2 N–H and O–H groups in total. The van der Waals surface area contributed by atoms with Crippen LogP contribution in [0.25, 0.3) is 11.0 Å². The number of piperazine rings is 1. The van der Waals surface area contributed by atoms with Gasteiger partial charge in [0.05, 0.1) is 34.2 Å². The first-order valence-electron chi connectivity index (χ1n) is 13.1. The third kappa shape index (κ3) is 5.66. The number of benzene rings is 1. The number of hydrogen-bond acceptors (Lipinski definition) is 9. The number of anilines is 4. The van der Waals surface area contributed by atoms with Crippen LogP contribution in [0.15, 0.2) is 18.3 Å². The molecule has 2 aliphatic heterocycles. The molecule has 3 aromatic rings. The third-order valence-electron chi connectivity index (χ3n) is 7.55. The van der Waals surface area contributed by atoms with Crippen molar-refractivity contribution in [3.05, 3.63) is 39.8 Å². The van der Waals surface area contributed by atoms with Crippen molar-refractivity contribution < 1.29 is 19.5 Å². The summed E-state index contributed by atoms with van der Waals surface area (Å²) in [5.74, 6) is 0.788.